The highest BCUT2D eigenvalue weighted by Gasteiger charge is 2.48. The number of benzene rings is 2. The summed E-state index contributed by atoms with van der Waals surface area (Å²) in [5, 5.41) is 11.7. The molecule has 214 valence electrons. The summed E-state index contributed by atoms with van der Waals surface area (Å²) in [5.41, 5.74) is 2.16. The predicted molar refractivity (Wildman–Crippen MR) is 155 cm³/mol. The van der Waals surface area contributed by atoms with Crippen LogP contribution in [-0.2, 0) is 20.7 Å². The van der Waals surface area contributed by atoms with Crippen molar-refractivity contribution in [2.24, 2.45) is 5.92 Å². The number of thiazole rings is 1. The summed E-state index contributed by atoms with van der Waals surface area (Å²) < 4.78 is 16.6. The largest absolute Gasteiger partial charge is 0.507 e. The average molecular weight is 577 g/mol. The van der Waals surface area contributed by atoms with E-state index in [1.165, 1.54) is 12.0 Å². The molecule has 5 rings (SSSR count). The molecule has 0 aliphatic carbocycles. The van der Waals surface area contributed by atoms with Gasteiger partial charge in [-0.2, -0.15) is 0 Å². The number of esters is 1. The lowest BCUT2D eigenvalue weighted by molar-refractivity contribution is -0.132. The fourth-order valence-electron chi connectivity index (χ4n) is 5.02. The van der Waals surface area contributed by atoms with Crippen molar-refractivity contribution in [3.8, 4) is 11.5 Å². The van der Waals surface area contributed by atoms with Crippen LogP contribution in [0.4, 0.5) is 5.13 Å². The fraction of sp³-hybridized carbons (Fsp3) is 0.355. The summed E-state index contributed by atoms with van der Waals surface area (Å²) in [5.74, 6) is -0.834. The highest BCUT2D eigenvalue weighted by atomic mass is 32.1. The molecule has 3 aromatic rings. The third-order valence-electron chi connectivity index (χ3n) is 7.11. The van der Waals surface area contributed by atoms with E-state index >= 15 is 0 Å². The topological polar surface area (TPSA) is 115 Å². The minimum absolute atomic E-state index is 0.00330. The summed E-state index contributed by atoms with van der Waals surface area (Å²) in [6.45, 7) is 8.31. The van der Waals surface area contributed by atoms with Gasteiger partial charge in [-0.3, -0.25) is 14.5 Å². The van der Waals surface area contributed by atoms with Crippen LogP contribution >= 0.6 is 11.3 Å². The van der Waals surface area contributed by atoms with E-state index in [2.05, 4.69) is 18.8 Å². The van der Waals surface area contributed by atoms with Gasteiger partial charge in [-0.15, -0.1) is 0 Å². The molecule has 2 atom stereocenters. The van der Waals surface area contributed by atoms with Crippen LogP contribution in [0.5, 0.6) is 11.5 Å². The lowest BCUT2D eigenvalue weighted by Crippen LogP contribution is -2.29. The predicted octanol–water partition coefficient (Wildman–Crippen LogP) is 5.61. The Kier molecular flexibility index (Phi) is 7.86. The molecule has 2 aromatic carbocycles. The number of anilines is 1. The number of carbonyl (C=O) groups excluding carboxylic acids is 3. The van der Waals surface area contributed by atoms with Crippen LogP contribution in [0.3, 0.4) is 0 Å². The molecule has 1 amide bonds. The van der Waals surface area contributed by atoms with E-state index in [1.54, 1.807) is 49.4 Å². The minimum Gasteiger partial charge on any atom is -0.507 e. The third-order valence-corrected chi connectivity index (χ3v) is 8.25. The second-order valence-electron chi connectivity index (χ2n) is 10.6. The number of hydrogen-bond donors (Lipinski definition) is 1. The number of amides is 1. The van der Waals surface area contributed by atoms with E-state index in [-0.39, 0.29) is 27.4 Å². The number of aliphatic hydroxyl groups is 1. The molecule has 0 radical (unpaired) electrons. The smallest absolute Gasteiger partial charge is 0.350 e. The Morgan fingerprint density at radius 2 is 2.00 bits per heavy atom. The minimum atomic E-state index is -1.01. The Morgan fingerprint density at radius 1 is 1.22 bits per heavy atom. The zero-order valence-corrected chi connectivity index (χ0v) is 24.4. The highest BCUT2D eigenvalue weighted by molar-refractivity contribution is 7.17. The molecule has 10 heteroatoms. The van der Waals surface area contributed by atoms with Gasteiger partial charge in [0.2, 0.25) is 0 Å². The van der Waals surface area contributed by atoms with Crippen molar-refractivity contribution in [3.63, 3.8) is 0 Å². The molecule has 41 heavy (non-hydrogen) atoms. The van der Waals surface area contributed by atoms with Gasteiger partial charge in [0.15, 0.2) is 5.13 Å². The second kappa shape index (κ2) is 11.4. The molecular weight excluding hydrogens is 544 g/mol. The quantitative estimate of drug-likeness (QED) is 0.159. The monoisotopic (exact) mass is 576 g/mol. The zero-order chi connectivity index (χ0) is 29.4. The van der Waals surface area contributed by atoms with Crippen molar-refractivity contribution >= 4 is 39.9 Å². The molecule has 1 aromatic heterocycles. The zero-order valence-electron chi connectivity index (χ0n) is 23.6. The van der Waals surface area contributed by atoms with E-state index < -0.39 is 23.7 Å². The average Bonchev–Trinajstić information content (AvgIpc) is 3.59. The van der Waals surface area contributed by atoms with Crippen molar-refractivity contribution in [2.45, 2.75) is 52.7 Å². The first kappa shape index (κ1) is 28.4. The van der Waals surface area contributed by atoms with E-state index in [4.69, 9.17) is 14.2 Å². The Balaban J connectivity index is 1.64. The van der Waals surface area contributed by atoms with E-state index in [0.717, 1.165) is 29.1 Å². The van der Waals surface area contributed by atoms with Gasteiger partial charge >= 0.3 is 11.9 Å². The SMILES string of the molecule is COC(=O)c1sc(N2C(=O)C(=O)/C(=C(/O)c3ccc4c(c3)CC(C)O4)C2c2cccc(OCCC(C)C)c2)nc1C. The van der Waals surface area contributed by atoms with Crippen LogP contribution in [0.25, 0.3) is 5.76 Å². The van der Waals surface area contributed by atoms with Crippen molar-refractivity contribution in [3.05, 3.63) is 75.3 Å². The van der Waals surface area contributed by atoms with Crippen LogP contribution < -0.4 is 14.4 Å². The maximum absolute atomic E-state index is 13.6. The van der Waals surface area contributed by atoms with Crippen LogP contribution in [0.2, 0.25) is 0 Å². The number of ether oxygens (including phenoxy) is 3. The summed E-state index contributed by atoms with van der Waals surface area (Å²) >= 11 is 0.956. The first-order valence-electron chi connectivity index (χ1n) is 13.5. The Labute approximate surface area is 242 Å². The molecule has 2 unspecified atom stereocenters. The number of fused-ring (bicyclic) bond motifs is 1. The van der Waals surface area contributed by atoms with E-state index in [1.807, 2.05) is 6.92 Å². The third kappa shape index (κ3) is 5.44. The van der Waals surface area contributed by atoms with Gasteiger partial charge in [0, 0.05) is 12.0 Å². The molecule has 9 nitrogen and oxygen atoms in total. The van der Waals surface area contributed by atoms with Gasteiger partial charge in [0.1, 0.15) is 28.2 Å². The van der Waals surface area contributed by atoms with E-state index in [9.17, 15) is 19.5 Å². The molecular formula is C31H32N2O7S. The molecule has 3 heterocycles. The number of hydrogen-bond acceptors (Lipinski definition) is 9. The van der Waals surface area contributed by atoms with Gasteiger partial charge in [-0.05, 0) is 67.6 Å². The number of methoxy groups -OCH3 is 1. The maximum Gasteiger partial charge on any atom is 0.350 e. The molecule has 2 aliphatic rings. The molecule has 0 bridgehead atoms. The second-order valence-corrected chi connectivity index (χ2v) is 11.6. The highest BCUT2D eigenvalue weighted by Crippen LogP contribution is 2.45. The molecule has 2 aliphatic heterocycles. The number of nitrogens with zero attached hydrogens (tertiary/aromatic N) is 2. The number of carbonyl (C=O) groups is 3. The number of rotatable bonds is 8. The Bertz CT molecular complexity index is 1560. The van der Waals surface area contributed by atoms with Crippen molar-refractivity contribution in [1.29, 1.82) is 0 Å². The van der Waals surface area contributed by atoms with Crippen LogP contribution in [0, 0.1) is 12.8 Å². The van der Waals surface area contributed by atoms with Gasteiger partial charge in [-0.25, -0.2) is 9.78 Å². The first-order valence-corrected chi connectivity index (χ1v) is 14.3. The summed E-state index contributed by atoms with van der Waals surface area (Å²) in [4.78, 5) is 45.4. The molecule has 1 N–H and O–H groups in total. The summed E-state index contributed by atoms with van der Waals surface area (Å²) in [7, 11) is 1.26. The van der Waals surface area contributed by atoms with Crippen molar-refractivity contribution in [1.82, 2.24) is 4.98 Å². The Hall–Kier alpha value is -4.18. The van der Waals surface area contributed by atoms with Crippen molar-refractivity contribution < 1.29 is 33.7 Å². The molecule has 0 spiro atoms. The molecule has 1 saturated heterocycles. The van der Waals surface area contributed by atoms with Crippen LogP contribution in [0.15, 0.2) is 48.0 Å². The van der Waals surface area contributed by atoms with Gasteiger partial charge in [0.25, 0.3) is 5.78 Å². The van der Waals surface area contributed by atoms with E-state index in [0.29, 0.717) is 41.5 Å². The van der Waals surface area contributed by atoms with Gasteiger partial charge < -0.3 is 19.3 Å². The first-order chi connectivity index (χ1) is 19.6. The molecule has 1 fully saturated rings. The lowest BCUT2D eigenvalue weighted by atomic mass is 9.94. The van der Waals surface area contributed by atoms with Gasteiger partial charge in [0.05, 0.1) is 31.0 Å². The fourth-order valence-corrected chi connectivity index (χ4v) is 6.04. The van der Waals surface area contributed by atoms with Crippen LogP contribution in [0.1, 0.15) is 65.3 Å². The number of aliphatic hydroxyl groups excluding tert-OH is 1. The normalized spacial score (nSPS) is 19.4. The summed E-state index contributed by atoms with van der Waals surface area (Å²) in [6, 6.07) is 11.3. The summed E-state index contributed by atoms with van der Waals surface area (Å²) in [6.07, 6.45) is 1.53. The number of aryl methyl sites for hydroxylation is 1. The number of aromatic nitrogens is 1. The number of ketones is 1. The van der Waals surface area contributed by atoms with Crippen LogP contribution in [-0.4, -0.2) is 47.6 Å². The Morgan fingerprint density at radius 3 is 2.73 bits per heavy atom. The van der Waals surface area contributed by atoms with Gasteiger partial charge in [-0.1, -0.05) is 37.3 Å². The lowest BCUT2D eigenvalue weighted by Gasteiger charge is -2.23. The standard InChI is InChI=1S/C31H32N2O7S/c1-16(2)11-12-39-22-8-6-7-19(15-22)25-24(26(34)20-9-10-23-21(14-20)13-17(3)40-23)27(35)29(36)33(25)31-32-18(4)28(41-31)30(37)38-5/h6-10,14-17,25,34H,11-13H2,1-5H3/b26-24+. The van der Waals surface area contributed by atoms with Crippen molar-refractivity contribution in [2.75, 3.05) is 18.6 Å². The maximum atomic E-state index is 13.6. The molecule has 0 saturated carbocycles. The number of Topliss-reactive ketones (excluding diaryl/α,β-unsaturated/α-hetero) is 1.